The Hall–Kier alpha value is -3.03. The summed E-state index contributed by atoms with van der Waals surface area (Å²) >= 11 is 0. The highest BCUT2D eigenvalue weighted by atomic mass is 16.6. The molecule has 0 atom stereocenters. The highest BCUT2D eigenvalue weighted by Gasteiger charge is 2.25. The van der Waals surface area contributed by atoms with Crippen LogP contribution in [0, 0.1) is 0 Å². The first-order valence-corrected chi connectivity index (χ1v) is 9.99. The summed E-state index contributed by atoms with van der Waals surface area (Å²) in [4.78, 5) is 40.1. The second-order valence-corrected chi connectivity index (χ2v) is 6.89. The number of nitrogens with zero attached hydrogens (tertiary/aromatic N) is 3. The molecule has 0 N–H and O–H groups in total. The summed E-state index contributed by atoms with van der Waals surface area (Å²) in [5.41, 5.74) is -0.0591. The Kier molecular flexibility index (Phi) is 6.74. The predicted octanol–water partition coefficient (Wildman–Crippen LogP) is 2.09. The maximum absolute atomic E-state index is 12.6. The monoisotopic (exact) mass is 401 g/mol. The Morgan fingerprint density at radius 3 is 2.41 bits per heavy atom. The number of aromatic nitrogens is 1. The smallest absolute Gasteiger partial charge is 0.409 e. The summed E-state index contributed by atoms with van der Waals surface area (Å²) in [5.74, 6) is 0.367. The molecule has 2 aromatic rings. The quantitative estimate of drug-likeness (QED) is 0.740. The number of hydrogen-bond donors (Lipinski definition) is 0. The van der Waals surface area contributed by atoms with Crippen LogP contribution >= 0.6 is 0 Å². The van der Waals surface area contributed by atoms with E-state index in [0.717, 1.165) is 6.42 Å². The van der Waals surface area contributed by atoms with Crippen molar-refractivity contribution >= 4 is 22.8 Å². The third kappa shape index (κ3) is 4.70. The standard InChI is InChI=1S/C21H27N3O5/c1-3-9-23-10-8-16-17(20(23)26)6-5-7-18(16)29-15-19(25)22-11-13-24(14-12-22)21(27)28-4-2/h5-8,10H,3-4,9,11-15H2,1-2H3. The number of hydrogen-bond acceptors (Lipinski definition) is 5. The minimum atomic E-state index is -0.347. The van der Waals surface area contributed by atoms with Crippen molar-refractivity contribution in [3.8, 4) is 5.75 Å². The number of carbonyl (C=O) groups is 2. The van der Waals surface area contributed by atoms with Gasteiger partial charge in [0.15, 0.2) is 6.61 Å². The molecule has 0 radical (unpaired) electrons. The fourth-order valence-electron chi connectivity index (χ4n) is 3.42. The molecule has 3 rings (SSSR count). The second-order valence-electron chi connectivity index (χ2n) is 6.89. The molecule has 2 heterocycles. The highest BCUT2D eigenvalue weighted by molar-refractivity contribution is 5.88. The van der Waals surface area contributed by atoms with E-state index in [1.807, 2.05) is 13.0 Å². The summed E-state index contributed by atoms with van der Waals surface area (Å²) in [5, 5.41) is 1.28. The van der Waals surface area contributed by atoms with Crippen molar-refractivity contribution in [1.29, 1.82) is 0 Å². The van der Waals surface area contributed by atoms with Crippen LogP contribution in [0.2, 0.25) is 0 Å². The Balaban J connectivity index is 1.62. The van der Waals surface area contributed by atoms with Crippen LogP contribution in [0.25, 0.3) is 10.8 Å². The zero-order valence-corrected chi connectivity index (χ0v) is 16.9. The predicted molar refractivity (Wildman–Crippen MR) is 109 cm³/mol. The first-order chi connectivity index (χ1) is 14.0. The summed E-state index contributed by atoms with van der Waals surface area (Å²) < 4.78 is 12.4. The van der Waals surface area contributed by atoms with Crippen LogP contribution in [0.15, 0.2) is 35.3 Å². The number of amides is 2. The fraction of sp³-hybridized carbons (Fsp3) is 0.476. The van der Waals surface area contributed by atoms with Gasteiger partial charge < -0.3 is 23.8 Å². The molecular formula is C21H27N3O5. The molecule has 156 valence electrons. The minimum Gasteiger partial charge on any atom is -0.483 e. The number of carbonyl (C=O) groups excluding carboxylic acids is 2. The van der Waals surface area contributed by atoms with Crippen LogP contribution < -0.4 is 10.3 Å². The fourth-order valence-corrected chi connectivity index (χ4v) is 3.42. The third-order valence-electron chi connectivity index (χ3n) is 4.95. The van der Waals surface area contributed by atoms with Gasteiger partial charge in [0.1, 0.15) is 5.75 Å². The molecule has 1 aliphatic heterocycles. The number of ether oxygens (including phenoxy) is 2. The van der Waals surface area contributed by atoms with Gasteiger partial charge in [0, 0.05) is 44.3 Å². The van der Waals surface area contributed by atoms with Gasteiger partial charge in [-0.05, 0) is 31.5 Å². The van der Waals surface area contributed by atoms with Crippen LogP contribution in [0.3, 0.4) is 0 Å². The third-order valence-corrected chi connectivity index (χ3v) is 4.95. The zero-order valence-electron chi connectivity index (χ0n) is 16.9. The van der Waals surface area contributed by atoms with Gasteiger partial charge in [-0.15, -0.1) is 0 Å². The van der Waals surface area contributed by atoms with E-state index >= 15 is 0 Å². The van der Waals surface area contributed by atoms with E-state index in [1.54, 1.807) is 45.7 Å². The van der Waals surface area contributed by atoms with Gasteiger partial charge >= 0.3 is 6.09 Å². The van der Waals surface area contributed by atoms with Gasteiger partial charge in [-0.25, -0.2) is 4.79 Å². The number of piperazine rings is 1. The summed E-state index contributed by atoms with van der Waals surface area (Å²) in [6, 6.07) is 7.15. The van der Waals surface area contributed by atoms with Crippen molar-refractivity contribution in [2.45, 2.75) is 26.8 Å². The molecule has 0 saturated carbocycles. The van der Waals surface area contributed by atoms with Gasteiger partial charge in [0.2, 0.25) is 0 Å². The van der Waals surface area contributed by atoms with Crippen molar-refractivity contribution in [2.75, 3.05) is 39.4 Å². The van der Waals surface area contributed by atoms with Crippen LogP contribution in [-0.2, 0) is 16.1 Å². The van der Waals surface area contributed by atoms with Crippen LogP contribution in [0.1, 0.15) is 20.3 Å². The SMILES string of the molecule is CCCn1ccc2c(OCC(=O)N3CCN(C(=O)OCC)CC3)cccc2c1=O. The van der Waals surface area contributed by atoms with Crippen molar-refractivity contribution < 1.29 is 19.1 Å². The van der Waals surface area contributed by atoms with E-state index in [4.69, 9.17) is 9.47 Å². The molecule has 0 bridgehead atoms. The number of aryl methyl sites for hydroxylation is 1. The molecule has 1 aromatic heterocycles. The second kappa shape index (κ2) is 9.45. The summed E-state index contributed by atoms with van der Waals surface area (Å²) in [6.45, 7) is 6.44. The highest BCUT2D eigenvalue weighted by Crippen LogP contribution is 2.23. The molecule has 1 fully saturated rings. The van der Waals surface area contributed by atoms with Crippen molar-refractivity contribution in [3.05, 3.63) is 40.8 Å². The van der Waals surface area contributed by atoms with Crippen molar-refractivity contribution in [3.63, 3.8) is 0 Å². The van der Waals surface area contributed by atoms with Gasteiger partial charge in [0.05, 0.1) is 12.0 Å². The van der Waals surface area contributed by atoms with Crippen LogP contribution in [-0.4, -0.2) is 65.8 Å². The molecule has 1 saturated heterocycles. The topological polar surface area (TPSA) is 81.1 Å². The molecular weight excluding hydrogens is 374 g/mol. The van der Waals surface area contributed by atoms with Gasteiger partial charge in [-0.3, -0.25) is 9.59 Å². The molecule has 1 aliphatic rings. The number of fused-ring (bicyclic) bond motifs is 1. The lowest BCUT2D eigenvalue weighted by Crippen LogP contribution is -2.51. The maximum atomic E-state index is 12.6. The van der Waals surface area contributed by atoms with E-state index in [9.17, 15) is 14.4 Å². The van der Waals surface area contributed by atoms with E-state index in [1.165, 1.54) is 0 Å². The zero-order chi connectivity index (χ0) is 20.8. The molecule has 1 aromatic carbocycles. The van der Waals surface area contributed by atoms with Gasteiger partial charge in [-0.1, -0.05) is 13.0 Å². The maximum Gasteiger partial charge on any atom is 0.409 e. The lowest BCUT2D eigenvalue weighted by Gasteiger charge is -2.34. The normalized spacial score (nSPS) is 14.1. The first-order valence-electron chi connectivity index (χ1n) is 9.99. The number of rotatable bonds is 6. The van der Waals surface area contributed by atoms with E-state index in [-0.39, 0.29) is 24.2 Å². The van der Waals surface area contributed by atoms with Crippen molar-refractivity contribution in [1.82, 2.24) is 14.4 Å². The minimum absolute atomic E-state index is 0.0591. The number of pyridine rings is 1. The molecule has 2 amide bonds. The molecule has 0 spiro atoms. The Morgan fingerprint density at radius 2 is 1.72 bits per heavy atom. The number of benzene rings is 1. The largest absolute Gasteiger partial charge is 0.483 e. The summed E-state index contributed by atoms with van der Waals surface area (Å²) in [7, 11) is 0. The average molecular weight is 401 g/mol. The average Bonchev–Trinajstić information content (AvgIpc) is 2.74. The van der Waals surface area contributed by atoms with Gasteiger partial charge in [0.25, 0.3) is 11.5 Å². The van der Waals surface area contributed by atoms with Gasteiger partial charge in [-0.2, -0.15) is 0 Å². The van der Waals surface area contributed by atoms with E-state index < -0.39 is 0 Å². The Labute approximate surface area is 169 Å². The molecule has 0 aliphatic carbocycles. The lowest BCUT2D eigenvalue weighted by atomic mass is 10.1. The van der Waals surface area contributed by atoms with Crippen LogP contribution in [0.4, 0.5) is 4.79 Å². The van der Waals surface area contributed by atoms with Crippen LogP contribution in [0.5, 0.6) is 5.75 Å². The Bertz CT molecular complexity index is 932. The van der Waals surface area contributed by atoms with E-state index in [0.29, 0.717) is 55.9 Å². The lowest BCUT2D eigenvalue weighted by molar-refractivity contribution is -0.134. The Morgan fingerprint density at radius 1 is 1.00 bits per heavy atom. The first kappa shape index (κ1) is 20.7. The molecule has 0 unspecified atom stereocenters. The molecule has 29 heavy (non-hydrogen) atoms. The summed E-state index contributed by atoms with van der Waals surface area (Å²) in [6.07, 6.45) is 2.29. The van der Waals surface area contributed by atoms with E-state index in [2.05, 4.69) is 0 Å². The molecule has 8 nitrogen and oxygen atoms in total. The molecule has 8 heteroatoms. The van der Waals surface area contributed by atoms with Crippen molar-refractivity contribution in [2.24, 2.45) is 0 Å².